The maximum absolute atomic E-state index is 12.0. The molecule has 1 aromatic rings. The Morgan fingerprint density at radius 2 is 2.16 bits per heavy atom. The maximum Gasteiger partial charge on any atom is 0.271 e. The zero-order valence-corrected chi connectivity index (χ0v) is 12.2. The molecule has 1 amide bonds. The van der Waals surface area contributed by atoms with Gasteiger partial charge in [-0.25, -0.2) is 8.42 Å². The number of sulfonamides is 1. The fraction of sp³-hybridized carbons (Fsp3) is 0.556. The lowest BCUT2D eigenvalue weighted by atomic mass is 10.0. The molecular formula is C9H13N5O3S2. The molecule has 10 heteroatoms. The molecule has 0 spiro atoms. The van der Waals surface area contributed by atoms with Crippen LogP contribution in [0.4, 0.5) is 5.13 Å². The summed E-state index contributed by atoms with van der Waals surface area (Å²) < 4.78 is 26.0. The van der Waals surface area contributed by atoms with E-state index in [2.05, 4.69) is 20.2 Å². The number of nitrogens with one attached hydrogen (secondary N) is 2. The Balaban J connectivity index is 2.99. The summed E-state index contributed by atoms with van der Waals surface area (Å²) in [6.07, 6.45) is 0.306. The molecule has 0 saturated heterocycles. The van der Waals surface area contributed by atoms with Crippen molar-refractivity contribution in [3.05, 3.63) is 0 Å². The van der Waals surface area contributed by atoms with Gasteiger partial charge in [0.05, 0.1) is 6.07 Å². The van der Waals surface area contributed by atoms with Gasteiger partial charge in [0.2, 0.25) is 15.4 Å². The van der Waals surface area contributed by atoms with Crippen molar-refractivity contribution in [2.24, 2.45) is 0 Å². The molecule has 2 N–H and O–H groups in total. The second-order valence-corrected chi connectivity index (χ2v) is 6.79. The van der Waals surface area contributed by atoms with Gasteiger partial charge in [-0.3, -0.25) is 4.79 Å². The lowest BCUT2D eigenvalue weighted by Gasteiger charge is -2.19. The normalized spacial score (nSPS) is 14.4. The predicted octanol–water partition coefficient (Wildman–Crippen LogP) is 0.467. The van der Waals surface area contributed by atoms with Gasteiger partial charge in [-0.15, -0.1) is 10.2 Å². The van der Waals surface area contributed by atoms with Crippen LogP contribution in [-0.2, 0) is 14.8 Å². The summed E-state index contributed by atoms with van der Waals surface area (Å²) in [6.45, 7) is 4.44. The quantitative estimate of drug-likeness (QED) is 0.762. The first-order valence-electron chi connectivity index (χ1n) is 5.29. The maximum atomic E-state index is 12.0. The molecule has 0 aromatic carbocycles. The molecule has 1 aromatic heterocycles. The molecule has 0 radical (unpaired) electrons. The molecule has 1 unspecified atom stereocenters. The van der Waals surface area contributed by atoms with Crippen LogP contribution in [0.5, 0.6) is 0 Å². The summed E-state index contributed by atoms with van der Waals surface area (Å²) in [7, 11) is -3.94. The van der Waals surface area contributed by atoms with Gasteiger partial charge >= 0.3 is 0 Å². The summed E-state index contributed by atoms with van der Waals surface area (Å²) in [5, 5.41) is 18.4. The molecule has 1 atom stereocenters. The van der Waals surface area contributed by atoms with Crippen molar-refractivity contribution in [3.63, 3.8) is 0 Å². The first-order chi connectivity index (χ1) is 8.72. The third-order valence-corrected chi connectivity index (χ3v) is 5.04. The number of carbonyl (C=O) groups excluding carboxylic acids is 1. The van der Waals surface area contributed by atoms with Gasteiger partial charge < -0.3 is 5.32 Å². The number of nitriles is 1. The molecule has 104 valence electrons. The minimum absolute atomic E-state index is 0.0861. The van der Waals surface area contributed by atoms with Crippen LogP contribution in [0, 0.1) is 11.3 Å². The summed E-state index contributed by atoms with van der Waals surface area (Å²) in [4.78, 5) is 10.8. The fourth-order valence-corrected chi connectivity index (χ4v) is 3.38. The van der Waals surface area contributed by atoms with E-state index in [1.807, 2.05) is 6.07 Å². The first kappa shape index (κ1) is 15.5. The second kappa shape index (κ2) is 5.60. The Hall–Kier alpha value is -1.57. The zero-order chi connectivity index (χ0) is 14.7. The smallest absolute Gasteiger partial charge is 0.271 e. The van der Waals surface area contributed by atoms with E-state index < -0.39 is 15.6 Å². The molecule has 0 aliphatic rings. The van der Waals surface area contributed by atoms with Gasteiger partial charge in [-0.05, 0) is 13.3 Å². The summed E-state index contributed by atoms with van der Waals surface area (Å²) >= 11 is 0.716. The van der Waals surface area contributed by atoms with Crippen molar-refractivity contribution >= 4 is 32.4 Å². The van der Waals surface area contributed by atoms with Crippen LogP contribution in [0.15, 0.2) is 4.34 Å². The van der Waals surface area contributed by atoms with E-state index in [4.69, 9.17) is 5.26 Å². The number of hydrogen-bond acceptors (Lipinski definition) is 7. The SMILES string of the molecule is CCC(C)(C#N)NS(=O)(=O)c1nnc(NC(C)=O)s1. The number of hydrogen-bond donors (Lipinski definition) is 2. The van der Waals surface area contributed by atoms with E-state index in [9.17, 15) is 13.2 Å². The number of carbonyl (C=O) groups is 1. The van der Waals surface area contributed by atoms with Crippen LogP contribution in [-0.4, -0.2) is 30.1 Å². The second-order valence-electron chi connectivity index (χ2n) is 3.96. The van der Waals surface area contributed by atoms with Gasteiger partial charge in [0.25, 0.3) is 10.0 Å². The van der Waals surface area contributed by atoms with Gasteiger partial charge in [0.15, 0.2) is 0 Å². The van der Waals surface area contributed by atoms with Crippen LogP contribution < -0.4 is 10.0 Å². The Morgan fingerprint density at radius 3 is 2.63 bits per heavy atom. The van der Waals surface area contributed by atoms with Crippen molar-refractivity contribution in [2.45, 2.75) is 37.1 Å². The Kier molecular flexibility index (Phi) is 4.56. The first-order valence-corrected chi connectivity index (χ1v) is 7.59. The molecule has 0 aliphatic carbocycles. The number of rotatable bonds is 5. The number of amides is 1. The average Bonchev–Trinajstić information content (AvgIpc) is 2.76. The van der Waals surface area contributed by atoms with E-state index in [1.54, 1.807) is 6.92 Å². The van der Waals surface area contributed by atoms with Crippen LogP contribution >= 0.6 is 11.3 Å². The topological polar surface area (TPSA) is 125 Å². The van der Waals surface area contributed by atoms with Gasteiger partial charge in [0, 0.05) is 6.92 Å². The van der Waals surface area contributed by atoms with Crippen LogP contribution in [0.25, 0.3) is 0 Å². The number of anilines is 1. The molecular weight excluding hydrogens is 290 g/mol. The predicted molar refractivity (Wildman–Crippen MR) is 68.8 cm³/mol. The van der Waals surface area contributed by atoms with E-state index in [0.717, 1.165) is 0 Å². The van der Waals surface area contributed by atoms with Crippen molar-refractivity contribution in [1.82, 2.24) is 14.9 Å². The third-order valence-electron chi connectivity index (χ3n) is 2.23. The van der Waals surface area contributed by atoms with E-state index in [-0.39, 0.29) is 15.4 Å². The lowest BCUT2D eigenvalue weighted by molar-refractivity contribution is -0.114. The highest BCUT2D eigenvalue weighted by Gasteiger charge is 2.31. The molecule has 0 saturated carbocycles. The van der Waals surface area contributed by atoms with Crippen LogP contribution in [0.3, 0.4) is 0 Å². The van der Waals surface area contributed by atoms with Crippen molar-refractivity contribution in [2.75, 3.05) is 5.32 Å². The number of aromatic nitrogens is 2. The lowest BCUT2D eigenvalue weighted by Crippen LogP contribution is -2.44. The minimum Gasteiger partial charge on any atom is -0.301 e. The van der Waals surface area contributed by atoms with Crippen molar-refractivity contribution < 1.29 is 13.2 Å². The molecule has 1 heterocycles. The summed E-state index contributed by atoms with van der Waals surface area (Å²) in [6, 6.07) is 1.89. The zero-order valence-electron chi connectivity index (χ0n) is 10.6. The Bertz CT molecular complexity index is 618. The number of nitrogens with zero attached hydrogens (tertiary/aromatic N) is 3. The van der Waals surface area contributed by atoms with E-state index in [1.165, 1.54) is 13.8 Å². The van der Waals surface area contributed by atoms with Gasteiger partial charge in [-0.2, -0.15) is 9.98 Å². The largest absolute Gasteiger partial charge is 0.301 e. The molecule has 8 nitrogen and oxygen atoms in total. The highest BCUT2D eigenvalue weighted by atomic mass is 32.2. The Morgan fingerprint density at radius 1 is 1.53 bits per heavy atom. The van der Waals surface area contributed by atoms with E-state index in [0.29, 0.717) is 17.8 Å². The van der Waals surface area contributed by atoms with E-state index >= 15 is 0 Å². The monoisotopic (exact) mass is 303 g/mol. The van der Waals surface area contributed by atoms with Crippen LogP contribution in [0.2, 0.25) is 0 Å². The van der Waals surface area contributed by atoms with Crippen molar-refractivity contribution in [1.29, 1.82) is 5.26 Å². The molecule has 0 aliphatic heterocycles. The standard InChI is InChI=1S/C9H13N5O3S2/c1-4-9(3,5-10)14-19(16,17)8-13-12-7(18-8)11-6(2)15/h14H,4H2,1-3H3,(H,11,12,15). The fourth-order valence-electron chi connectivity index (χ4n) is 1.03. The molecule has 1 rings (SSSR count). The third kappa shape index (κ3) is 3.95. The molecule has 0 bridgehead atoms. The molecule has 0 fully saturated rings. The van der Waals surface area contributed by atoms with Crippen LogP contribution in [0.1, 0.15) is 27.2 Å². The van der Waals surface area contributed by atoms with Gasteiger partial charge in [0.1, 0.15) is 5.54 Å². The highest BCUT2D eigenvalue weighted by Crippen LogP contribution is 2.21. The van der Waals surface area contributed by atoms with Gasteiger partial charge in [-0.1, -0.05) is 18.3 Å². The Labute approximate surface area is 114 Å². The molecule has 19 heavy (non-hydrogen) atoms. The summed E-state index contributed by atoms with van der Waals surface area (Å²) in [5.41, 5.74) is -1.21. The highest BCUT2D eigenvalue weighted by molar-refractivity contribution is 7.91. The summed E-state index contributed by atoms with van der Waals surface area (Å²) in [5.74, 6) is -0.372. The van der Waals surface area contributed by atoms with Crippen molar-refractivity contribution in [3.8, 4) is 6.07 Å². The average molecular weight is 303 g/mol. The minimum atomic E-state index is -3.94.